The fraction of sp³-hybridized carbons (Fsp3) is 0.893. The molecule has 0 radical (unpaired) electrons. The van der Waals surface area contributed by atoms with E-state index in [1.807, 2.05) is 6.08 Å². The van der Waals surface area contributed by atoms with Gasteiger partial charge in [-0.1, -0.05) is 346 Å². The van der Waals surface area contributed by atoms with Crippen LogP contribution in [0.2, 0.25) is 0 Å². The van der Waals surface area contributed by atoms with Crippen molar-refractivity contribution in [3.05, 3.63) is 36.5 Å². The number of hydrogen-bond donors (Lipinski definition) is 3. The molecule has 0 aliphatic rings. The van der Waals surface area contributed by atoms with Crippen LogP contribution in [0.5, 0.6) is 0 Å². The first kappa shape index (κ1) is 79.1. The summed E-state index contributed by atoms with van der Waals surface area (Å²) in [6.45, 7) is 4.93. The van der Waals surface area contributed by atoms with Crippen LogP contribution in [0.1, 0.15) is 406 Å². The summed E-state index contributed by atoms with van der Waals surface area (Å²) in [5.41, 5.74) is 0. The zero-order chi connectivity index (χ0) is 58.5. The average Bonchev–Trinajstić information content (AvgIpc) is 3.47. The van der Waals surface area contributed by atoms with E-state index in [2.05, 4.69) is 43.5 Å². The van der Waals surface area contributed by atoms with Crippen molar-refractivity contribution < 1.29 is 24.5 Å². The number of carbonyl (C=O) groups is 2. The molecule has 2 unspecified atom stereocenters. The molecule has 478 valence electrons. The SMILES string of the molecule is CCCCCCCC/C=C\CCCCCCCCCCCC(=O)OCCCCCCCCCCCC/C=C\CCCCCCCCCC(=O)NC(CO)C(O)/C=C/CCCCCCCCCCCCCCCCCCCCCCCC. The second-order valence-electron chi connectivity index (χ2n) is 25.3. The molecule has 1 amide bonds. The highest BCUT2D eigenvalue weighted by molar-refractivity contribution is 5.76. The molecule has 0 spiro atoms. The molecule has 0 aliphatic heterocycles. The number of ether oxygens (including phenoxy) is 1. The predicted octanol–water partition coefficient (Wildman–Crippen LogP) is 23.9. The van der Waals surface area contributed by atoms with Gasteiger partial charge in [-0.25, -0.2) is 0 Å². The molecule has 0 aromatic carbocycles. The normalized spacial score (nSPS) is 12.7. The van der Waals surface area contributed by atoms with Gasteiger partial charge in [0.15, 0.2) is 0 Å². The Balaban J connectivity index is 3.43. The summed E-state index contributed by atoms with van der Waals surface area (Å²) in [5.74, 6) is -0.0637. The quantitative estimate of drug-likeness (QED) is 0.0320. The summed E-state index contributed by atoms with van der Waals surface area (Å²) in [6.07, 6.45) is 90.8. The molecular formula is C75H143NO5. The Morgan fingerprint density at radius 2 is 0.580 bits per heavy atom. The molecule has 6 heteroatoms. The van der Waals surface area contributed by atoms with Gasteiger partial charge in [0, 0.05) is 12.8 Å². The van der Waals surface area contributed by atoms with E-state index >= 15 is 0 Å². The van der Waals surface area contributed by atoms with Crippen LogP contribution in [0.25, 0.3) is 0 Å². The predicted molar refractivity (Wildman–Crippen MR) is 356 cm³/mol. The summed E-state index contributed by atoms with van der Waals surface area (Å²) in [5, 5.41) is 23.3. The van der Waals surface area contributed by atoms with Crippen molar-refractivity contribution in [1.82, 2.24) is 5.32 Å². The highest BCUT2D eigenvalue weighted by atomic mass is 16.5. The van der Waals surface area contributed by atoms with Crippen molar-refractivity contribution in [3.63, 3.8) is 0 Å². The molecule has 0 aliphatic carbocycles. The number of amides is 1. The molecule has 0 aromatic heterocycles. The van der Waals surface area contributed by atoms with Crippen LogP contribution in [0, 0.1) is 0 Å². The van der Waals surface area contributed by atoms with E-state index in [4.69, 9.17) is 4.74 Å². The van der Waals surface area contributed by atoms with Gasteiger partial charge in [-0.15, -0.1) is 0 Å². The fourth-order valence-electron chi connectivity index (χ4n) is 11.5. The van der Waals surface area contributed by atoms with Crippen LogP contribution >= 0.6 is 0 Å². The Morgan fingerprint density at radius 3 is 0.877 bits per heavy atom. The summed E-state index contributed by atoms with van der Waals surface area (Å²) in [6, 6.07) is -0.636. The van der Waals surface area contributed by atoms with E-state index in [0.717, 1.165) is 51.4 Å². The van der Waals surface area contributed by atoms with Crippen LogP contribution in [0.3, 0.4) is 0 Å². The maximum atomic E-state index is 12.5. The lowest BCUT2D eigenvalue weighted by Crippen LogP contribution is -2.45. The van der Waals surface area contributed by atoms with Gasteiger partial charge in [0.25, 0.3) is 0 Å². The molecule has 3 N–H and O–H groups in total. The third-order valence-electron chi connectivity index (χ3n) is 17.1. The minimum absolute atomic E-state index is 0.00799. The van der Waals surface area contributed by atoms with Gasteiger partial charge in [0.05, 0.1) is 25.4 Å². The molecule has 0 rings (SSSR count). The van der Waals surface area contributed by atoms with Crippen LogP contribution in [0.4, 0.5) is 0 Å². The van der Waals surface area contributed by atoms with Gasteiger partial charge in [-0.3, -0.25) is 9.59 Å². The van der Waals surface area contributed by atoms with E-state index in [0.29, 0.717) is 19.4 Å². The molecule has 0 fully saturated rings. The molecular weight excluding hydrogens is 995 g/mol. The zero-order valence-electron chi connectivity index (χ0n) is 54.8. The highest BCUT2D eigenvalue weighted by Crippen LogP contribution is 2.19. The Bertz CT molecular complexity index is 1310. The first-order valence-electron chi connectivity index (χ1n) is 36.8. The molecule has 6 nitrogen and oxygen atoms in total. The summed E-state index contributed by atoms with van der Waals surface area (Å²) >= 11 is 0. The van der Waals surface area contributed by atoms with Crippen LogP contribution in [-0.4, -0.2) is 47.4 Å². The Kier molecular flexibility index (Phi) is 68.9. The second kappa shape index (κ2) is 70.6. The lowest BCUT2D eigenvalue weighted by Gasteiger charge is -2.20. The van der Waals surface area contributed by atoms with Gasteiger partial charge in [-0.05, 0) is 83.5 Å². The van der Waals surface area contributed by atoms with Gasteiger partial charge >= 0.3 is 5.97 Å². The van der Waals surface area contributed by atoms with Crippen LogP contribution < -0.4 is 5.32 Å². The highest BCUT2D eigenvalue weighted by Gasteiger charge is 2.18. The van der Waals surface area contributed by atoms with E-state index in [1.165, 1.54) is 327 Å². The monoisotopic (exact) mass is 1140 g/mol. The Hall–Kier alpha value is -1.92. The zero-order valence-corrected chi connectivity index (χ0v) is 54.8. The molecule has 2 atom stereocenters. The third kappa shape index (κ3) is 67.1. The van der Waals surface area contributed by atoms with Crippen molar-refractivity contribution in [2.24, 2.45) is 0 Å². The fourth-order valence-corrected chi connectivity index (χ4v) is 11.5. The minimum Gasteiger partial charge on any atom is -0.466 e. The number of esters is 1. The third-order valence-corrected chi connectivity index (χ3v) is 17.1. The lowest BCUT2D eigenvalue weighted by atomic mass is 10.0. The second-order valence-corrected chi connectivity index (χ2v) is 25.3. The van der Waals surface area contributed by atoms with Crippen LogP contribution in [0.15, 0.2) is 36.5 Å². The van der Waals surface area contributed by atoms with Gasteiger partial charge < -0.3 is 20.3 Å². The maximum Gasteiger partial charge on any atom is 0.305 e. The molecule has 0 saturated heterocycles. The number of aliphatic hydroxyl groups is 2. The van der Waals surface area contributed by atoms with Gasteiger partial charge in [0.2, 0.25) is 5.91 Å². The first-order valence-corrected chi connectivity index (χ1v) is 36.8. The van der Waals surface area contributed by atoms with E-state index in [-0.39, 0.29) is 18.5 Å². The number of carbonyl (C=O) groups excluding carboxylic acids is 2. The standard InChI is InChI=1S/C75H143NO5/c1-3-5-7-9-11-13-15-17-19-21-23-24-25-26-28-32-35-39-43-47-51-55-59-63-67-73(78)72(71-77)76-74(79)68-64-60-56-52-48-44-40-36-33-29-27-30-34-38-42-46-50-54-58-62-66-70-81-75(80)69-65-61-57-53-49-45-41-37-31-22-20-18-16-14-12-10-8-6-4-2/h18,20,29,33,63,67,72-73,77-78H,3-17,19,21-28,30-32,34-62,64-66,68-71H2,1-2H3,(H,76,79)/b20-18-,33-29-,67-63+. The maximum absolute atomic E-state index is 12.5. The minimum atomic E-state index is -0.852. The van der Waals surface area contributed by atoms with E-state index in [9.17, 15) is 19.8 Å². The van der Waals surface area contributed by atoms with Crippen molar-refractivity contribution in [1.29, 1.82) is 0 Å². The van der Waals surface area contributed by atoms with Crippen molar-refractivity contribution in [2.75, 3.05) is 13.2 Å². The largest absolute Gasteiger partial charge is 0.466 e. The molecule has 0 saturated carbocycles. The van der Waals surface area contributed by atoms with Crippen LogP contribution in [-0.2, 0) is 14.3 Å². The summed E-state index contributed by atoms with van der Waals surface area (Å²) in [4.78, 5) is 24.7. The first-order chi connectivity index (χ1) is 40.0. The van der Waals surface area contributed by atoms with E-state index < -0.39 is 12.1 Å². The van der Waals surface area contributed by atoms with E-state index in [1.54, 1.807) is 6.08 Å². The van der Waals surface area contributed by atoms with Crippen molar-refractivity contribution in [2.45, 2.75) is 418 Å². The molecule has 0 heterocycles. The number of aliphatic hydroxyl groups excluding tert-OH is 2. The number of unbranched alkanes of at least 4 members (excludes halogenated alkanes) is 54. The summed E-state index contributed by atoms with van der Waals surface area (Å²) in [7, 11) is 0. The molecule has 81 heavy (non-hydrogen) atoms. The van der Waals surface area contributed by atoms with Crippen molar-refractivity contribution >= 4 is 11.9 Å². The number of rotatable bonds is 69. The van der Waals surface area contributed by atoms with Gasteiger partial charge in [0.1, 0.15) is 0 Å². The number of hydrogen-bond acceptors (Lipinski definition) is 5. The summed E-state index contributed by atoms with van der Waals surface area (Å²) < 4.78 is 5.51. The lowest BCUT2D eigenvalue weighted by molar-refractivity contribution is -0.143. The molecule has 0 bridgehead atoms. The smallest absolute Gasteiger partial charge is 0.305 e. The Labute approximate surface area is 506 Å². The Morgan fingerprint density at radius 1 is 0.333 bits per heavy atom. The average molecular weight is 1140 g/mol. The van der Waals surface area contributed by atoms with Gasteiger partial charge in [-0.2, -0.15) is 0 Å². The number of allylic oxidation sites excluding steroid dienone is 5. The van der Waals surface area contributed by atoms with Crippen molar-refractivity contribution in [3.8, 4) is 0 Å². The topological polar surface area (TPSA) is 95.9 Å². The number of nitrogens with one attached hydrogen (secondary N) is 1. The molecule has 0 aromatic rings.